The van der Waals surface area contributed by atoms with Gasteiger partial charge < -0.3 is 4.90 Å². The summed E-state index contributed by atoms with van der Waals surface area (Å²) in [6.07, 6.45) is 5.32. The number of likely N-dealkylation sites (N-methyl/N-ethyl adjacent to an activating group) is 1. The molecule has 0 aliphatic carbocycles. The van der Waals surface area contributed by atoms with Gasteiger partial charge in [-0.1, -0.05) is 0 Å². The Morgan fingerprint density at radius 1 is 1.21 bits per heavy atom. The highest BCUT2D eigenvalue weighted by Gasteiger charge is 2.13. The van der Waals surface area contributed by atoms with Crippen LogP contribution >= 0.6 is 0 Å². The lowest BCUT2D eigenvalue weighted by atomic mass is 10.3. The van der Waals surface area contributed by atoms with Gasteiger partial charge in [0, 0.05) is 51.3 Å². The lowest BCUT2D eigenvalue weighted by Crippen LogP contribution is -2.44. The fraction of sp³-hybridized carbons (Fsp3) is 0.600. The smallest absolute Gasteiger partial charge is 0.0726 e. The summed E-state index contributed by atoms with van der Waals surface area (Å²) < 4.78 is 0. The van der Waals surface area contributed by atoms with Crippen LogP contribution in [0, 0.1) is 0 Å². The zero-order chi connectivity index (χ0) is 9.80. The quantitative estimate of drug-likeness (QED) is 0.671. The van der Waals surface area contributed by atoms with E-state index >= 15 is 0 Å². The van der Waals surface area contributed by atoms with Gasteiger partial charge in [0.1, 0.15) is 0 Å². The molecule has 14 heavy (non-hydrogen) atoms. The van der Waals surface area contributed by atoms with Crippen LogP contribution in [0.2, 0.25) is 0 Å². The van der Waals surface area contributed by atoms with Gasteiger partial charge in [0.05, 0.1) is 5.69 Å². The number of piperazine rings is 1. The van der Waals surface area contributed by atoms with Crippen LogP contribution in [0.25, 0.3) is 0 Å². The first-order valence-corrected chi connectivity index (χ1v) is 5.00. The first-order valence-electron chi connectivity index (χ1n) is 5.00. The van der Waals surface area contributed by atoms with Crippen LogP contribution in [-0.4, -0.2) is 53.0 Å². The predicted molar refractivity (Wildman–Crippen MR) is 54.8 cm³/mol. The van der Waals surface area contributed by atoms with E-state index in [0.29, 0.717) is 0 Å². The van der Waals surface area contributed by atoms with Crippen molar-refractivity contribution < 1.29 is 0 Å². The van der Waals surface area contributed by atoms with E-state index in [2.05, 4.69) is 26.8 Å². The molecular formula is C10H16N4. The van der Waals surface area contributed by atoms with Crippen LogP contribution in [0.4, 0.5) is 0 Å². The second-order valence-electron chi connectivity index (χ2n) is 3.78. The lowest BCUT2D eigenvalue weighted by Gasteiger charge is -2.31. The highest BCUT2D eigenvalue weighted by Crippen LogP contribution is 2.03. The van der Waals surface area contributed by atoms with Crippen molar-refractivity contribution in [2.45, 2.75) is 6.54 Å². The molecule has 2 rings (SSSR count). The van der Waals surface area contributed by atoms with E-state index in [0.717, 1.165) is 38.4 Å². The Labute approximate surface area is 84.6 Å². The molecule has 76 valence electrons. The molecule has 0 radical (unpaired) electrons. The molecule has 0 unspecified atom stereocenters. The Morgan fingerprint density at radius 3 is 2.64 bits per heavy atom. The zero-order valence-electron chi connectivity index (χ0n) is 8.56. The second-order valence-corrected chi connectivity index (χ2v) is 3.78. The molecule has 1 saturated heterocycles. The van der Waals surface area contributed by atoms with E-state index in [9.17, 15) is 0 Å². The van der Waals surface area contributed by atoms with Crippen LogP contribution in [0.1, 0.15) is 5.69 Å². The average Bonchev–Trinajstić information content (AvgIpc) is 2.23. The molecule has 1 aliphatic rings. The minimum Gasteiger partial charge on any atom is -0.304 e. The van der Waals surface area contributed by atoms with E-state index in [4.69, 9.17) is 0 Å². The fourth-order valence-corrected chi connectivity index (χ4v) is 1.65. The van der Waals surface area contributed by atoms with Crippen molar-refractivity contribution >= 4 is 0 Å². The largest absolute Gasteiger partial charge is 0.304 e. The van der Waals surface area contributed by atoms with Gasteiger partial charge in [-0.3, -0.25) is 14.9 Å². The van der Waals surface area contributed by atoms with E-state index < -0.39 is 0 Å². The molecular weight excluding hydrogens is 176 g/mol. The SMILES string of the molecule is CN1CCN(Cc2cnccn2)CC1. The monoisotopic (exact) mass is 192 g/mol. The number of rotatable bonds is 2. The van der Waals surface area contributed by atoms with Gasteiger partial charge in [-0.2, -0.15) is 0 Å². The van der Waals surface area contributed by atoms with Crippen LogP contribution in [0.15, 0.2) is 18.6 Å². The Hall–Kier alpha value is -1.00. The molecule has 1 aliphatic heterocycles. The Balaban J connectivity index is 1.87. The van der Waals surface area contributed by atoms with E-state index in [1.165, 1.54) is 0 Å². The second kappa shape index (κ2) is 4.48. The minimum absolute atomic E-state index is 0.932. The molecule has 0 bridgehead atoms. The highest BCUT2D eigenvalue weighted by molar-refractivity contribution is 4.94. The summed E-state index contributed by atoms with van der Waals surface area (Å²) in [5, 5.41) is 0. The maximum atomic E-state index is 4.27. The molecule has 1 fully saturated rings. The van der Waals surface area contributed by atoms with E-state index in [-0.39, 0.29) is 0 Å². The molecule has 0 atom stereocenters. The molecule has 4 heteroatoms. The summed E-state index contributed by atoms with van der Waals surface area (Å²) in [6.45, 7) is 5.50. The highest BCUT2D eigenvalue weighted by atomic mass is 15.2. The topological polar surface area (TPSA) is 32.3 Å². The fourth-order valence-electron chi connectivity index (χ4n) is 1.65. The van der Waals surface area contributed by atoms with Crippen molar-refractivity contribution in [3.05, 3.63) is 24.3 Å². The summed E-state index contributed by atoms with van der Waals surface area (Å²) in [7, 11) is 2.17. The maximum Gasteiger partial charge on any atom is 0.0726 e. The van der Waals surface area contributed by atoms with Gasteiger partial charge in [0.25, 0.3) is 0 Å². The summed E-state index contributed by atoms with van der Waals surface area (Å²) in [5.41, 5.74) is 1.07. The van der Waals surface area contributed by atoms with Crippen molar-refractivity contribution in [3.8, 4) is 0 Å². The van der Waals surface area contributed by atoms with E-state index in [1.54, 1.807) is 12.4 Å². The number of hydrogen-bond donors (Lipinski definition) is 0. The van der Waals surface area contributed by atoms with Gasteiger partial charge in [0.15, 0.2) is 0 Å². The molecule has 2 heterocycles. The van der Waals surface area contributed by atoms with Crippen molar-refractivity contribution in [3.63, 3.8) is 0 Å². The Bertz CT molecular complexity index is 267. The molecule has 1 aromatic rings. The molecule has 0 amide bonds. The summed E-state index contributed by atoms with van der Waals surface area (Å²) in [4.78, 5) is 13.1. The van der Waals surface area contributed by atoms with Crippen LogP contribution < -0.4 is 0 Å². The maximum absolute atomic E-state index is 4.27. The minimum atomic E-state index is 0.932. The van der Waals surface area contributed by atoms with E-state index in [1.807, 2.05) is 6.20 Å². The van der Waals surface area contributed by atoms with Crippen molar-refractivity contribution in [2.24, 2.45) is 0 Å². The van der Waals surface area contributed by atoms with Crippen LogP contribution in [-0.2, 0) is 6.54 Å². The molecule has 0 spiro atoms. The zero-order valence-corrected chi connectivity index (χ0v) is 8.56. The number of hydrogen-bond acceptors (Lipinski definition) is 4. The third kappa shape index (κ3) is 2.49. The molecule has 0 saturated carbocycles. The third-order valence-corrected chi connectivity index (χ3v) is 2.60. The third-order valence-electron chi connectivity index (χ3n) is 2.60. The predicted octanol–water partition coefficient (Wildman–Crippen LogP) is 0.224. The van der Waals surface area contributed by atoms with Crippen molar-refractivity contribution in [1.82, 2.24) is 19.8 Å². The van der Waals surface area contributed by atoms with Gasteiger partial charge in [-0.05, 0) is 7.05 Å². The first kappa shape index (κ1) is 9.55. The Morgan fingerprint density at radius 2 is 2.00 bits per heavy atom. The summed E-state index contributed by atoms with van der Waals surface area (Å²) in [5.74, 6) is 0. The van der Waals surface area contributed by atoms with Crippen LogP contribution in [0.3, 0.4) is 0 Å². The number of aromatic nitrogens is 2. The molecule has 4 nitrogen and oxygen atoms in total. The van der Waals surface area contributed by atoms with Crippen molar-refractivity contribution in [1.29, 1.82) is 0 Å². The first-order chi connectivity index (χ1) is 6.84. The van der Waals surface area contributed by atoms with Crippen LogP contribution in [0.5, 0.6) is 0 Å². The molecule has 1 aromatic heterocycles. The summed E-state index contributed by atoms with van der Waals surface area (Å²) in [6, 6.07) is 0. The van der Waals surface area contributed by atoms with Gasteiger partial charge >= 0.3 is 0 Å². The van der Waals surface area contributed by atoms with Crippen molar-refractivity contribution in [2.75, 3.05) is 33.2 Å². The lowest BCUT2D eigenvalue weighted by molar-refractivity contribution is 0.147. The normalized spacial score (nSPS) is 19.8. The standard InChI is InChI=1S/C10H16N4/c1-13-4-6-14(7-5-13)9-10-8-11-2-3-12-10/h2-3,8H,4-7,9H2,1H3. The summed E-state index contributed by atoms with van der Waals surface area (Å²) >= 11 is 0. The van der Waals surface area contributed by atoms with Gasteiger partial charge in [-0.15, -0.1) is 0 Å². The average molecular weight is 192 g/mol. The molecule has 0 N–H and O–H groups in total. The van der Waals surface area contributed by atoms with Gasteiger partial charge in [0.2, 0.25) is 0 Å². The number of nitrogens with zero attached hydrogens (tertiary/aromatic N) is 4. The Kier molecular flexibility index (Phi) is 3.06. The van der Waals surface area contributed by atoms with Gasteiger partial charge in [-0.25, -0.2) is 0 Å². The molecule has 0 aromatic carbocycles.